The molecule has 10 rings (SSSR count). The quantitative estimate of drug-likeness (QED) is 0.0978. The Hall–Kier alpha value is -6.94. The zero-order valence-corrected chi connectivity index (χ0v) is 43.3. The minimum atomic E-state index is -0.254. The van der Waals surface area contributed by atoms with Crippen molar-refractivity contribution in [3.8, 4) is 5.82 Å². The van der Waals surface area contributed by atoms with Crippen molar-refractivity contribution in [2.45, 2.75) is 64.7 Å². The van der Waals surface area contributed by atoms with E-state index < -0.39 is 0 Å². The van der Waals surface area contributed by atoms with Gasteiger partial charge >= 0.3 is 0 Å². The molecule has 4 nitrogen and oxygen atoms in total. The number of benzene rings is 8. The van der Waals surface area contributed by atoms with Gasteiger partial charge in [-0.1, -0.05) is 187 Å². The van der Waals surface area contributed by atoms with Gasteiger partial charge in [0, 0.05) is 55.0 Å². The summed E-state index contributed by atoms with van der Waals surface area (Å²) in [6, 6.07) is 79.4. The van der Waals surface area contributed by atoms with Crippen LogP contribution >= 0.6 is 0 Å². The molecular weight excluding hydrogens is 1030 g/mol. The molecule has 0 atom stereocenters. The second-order valence-electron chi connectivity index (χ2n) is 20.4. The monoisotopic (exact) mass is 1090 g/mol. The largest absolute Gasteiger partial charge is 0.516 e. The van der Waals surface area contributed by atoms with Crippen LogP contribution in [0.2, 0.25) is 0 Å². The van der Waals surface area contributed by atoms with E-state index in [9.17, 15) is 0 Å². The van der Waals surface area contributed by atoms with Crippen LogP contribution in [0.1, 0.15) is 76.3 Å². The summed E-state index contributed by atoms with van der Waals surface area (Å²) < 4.78 is 2.27. The maximum Gasteiger partial charge on any atom is 0.191 e. The molecule has 2 heterocycles. The number of nitrogens with one attached hydrogen (secondary N) is 1. The van der Waals surface area contributed by atoms with Gasteiger partial charge in [0.05, 0.1) is 5.69 Å². The molecule has 6 heteroatoms. The average molecular weight is 1090 g/mol. The van der Waals surface area contributed by atoms with Crippen LogP contribution < -0.4 is 26.6 Å². The molecule has 0 aliphatic rings. The standard InChI is InChI=1S/C64H58BN4.Pt/c1-62(2,3)47-37-38-66-61(42-47)69-58-33-20-18-31-55(58)56-36-35-52(44-60(56)69)65(50-27-16-11-17-28-50)51-29-22-30-54(43-51)68(8)59-34-21-19-32-57(59)67-53-40-48(63(4,5)45-23-12-9-13-24-45)39-49(41-53)64(6,7)46-25-14-10-15-26-46;/h9-42,67H,8H2,1-7H3;/q-3;. The second-order valence-corrected chi connectivity index (χ2v) is 20.4. The van der Waals surface area contributed by atoms with Crippen molar-refractivity contribution in [1.29, 1.82) is 0 Å². The molecule has 0 amide bonds. The molecule has 0 fully saturated rings. The first-order valence-corrected chi connectivity index (χ1v) is 24.0. The fourth-order valence-corrected chi connectivity index (χ4v) is 9.86. The van der Waals surface area contributed by atoms with Crippen molar-refractivity contribution in [3.05, 3.63) is 253 Å². The summed E-state index contributed by atoms with van der Waals surface area (Å²) in [6.45, 7) is 15.8. The van der Waals surface area contributed by atoms with Crippen LogP contribution in [0.4, 0.5) is 22.7 Å². The van der Waals surface area contributed by atoms with Crippen molar-refractivity contribution >= 4 is 67.7 Å². The SMILES string of the molecule is [CH2-]N(c1[c-]c(B(c2[c-]c3c(cc2)c2ccccc2n3-c2cc(C(C)(C)C)ccn2)c2ccccc2)ccc1)c1ccccc1Nc1cc(C(C)(C)c2ccccc2)cc(C(C)(C)c2ccccc2)c1.[Pt]. The molecular formula is C64H58BN4Pt-3. The summed E-state index contributed by atoms with van der Waals surface area (Å²) in [5.41, 5.74) is 14.8. The third-order valence-corrected chi connectivity index (χ3v) is 14.1. The van der Waals surface area contributed by atoms with Gasteiger partial charge < -0.3 is 14.8 Å². The van der Waals surface area contributed by atoms with Gasteiger partial charge in [-0.2, -0.15) is 53.4 Å². The van der Waals surface area contributed by atoms with E-state index in [2.05, 4.69) is 271 Å². The predicted molar refractivity (Wildman–Crippen MR) is 293 cm³/mol. The zero-order chi connectivity index (χ0) is 47.9. The Bertz CT molecular complexity index is 3360. The van der Waals surface area contributed by atoms with Crippen molar-refractivity contribution in [1.82, 2.24) is 9.55 Å². The predicted octanol–water partition coefficient (Wildman–Crippen LogP) is 13.9. The number of para-hydroxylation sites is 3. The van der Waals surface area contributed by atoms with E-state index in [0.717, 1.165) is 61.4 Å². The average Bonchev–Trinajstić information content (AvgIpc) is 3.71. The maximum absolute atomic E-state index is 4.95. The summed E-state index contributed by atoms with van der Waals surface area (Å²) in [5.74, 6) is 0.884. The van der Waals surface area contributed by atoms with Crippen LogP contribution in [0.25, 0.3) is 27.6 Å². The van der Waals surface area contributed by atoms with Crippen molar-refractivity contribution < 1.29 is 21.1 Å². The number of anilines is 4. The van der Waals surface area contributed by atoms with Gasteiger partial charge in [-0.05, 0) is 81.1 Å². The first-order chi connectivity index (χ1) is 33.3. The molecule has 70 heavy (non-hydrogen) atoms. The Kier molecular flexibility index (Phi) is 13.4. The number of aromatic nitrogens is 2. The van der Waals surface area contributed by atoms with E-state index >= 15 is 0 Å². The number of fused-ring (bicyclic) bond motifs is 3. The van der Waals surface area contributed by atoms with Gasteiger partial charge in [0.25, 0.3) is 0 Å². The number of pyridine rings is 1. The van der Waals surface area contributed by atoms with Crippen LogP contribution in [-0.2, 0) is 37.3 Å². The topological polar surface area (TPSA) is 33.1 Å². The summed E-state index contributed by atoms with van der Waals surface area (Å²) in [6.07, 6.45) is 1.93. The fraction of sp³-hybridized carbons (Fsp3) is 0.156. The number of nitrogens with zero attached hydrogens (tertiary/aromatic N) is 3. The molecule has 0 saturated heterocycles. The van der Waals surface area contributed by atoms with Crippen LogP contribution in [0.3, 0.4) is 0 Å². The van der Waals surface area contributed by atoms with Crippen molar-refractivity contribution in [2.24, 2.45) is 0 Å². The summed E-state index contributed by atoms with van der Waals surface area (Å²) in [4.78, 5) is 6.95. The van der Waals surface area contributed by atoms with Crippen molar-refractivity contribution in [2.75, 3.05) is 10.2 Å². The molecule has 0 bridgehead atoms. The number of hydrogen-bond acceptors (Lipinski definition) is 3. The Balaban J connectivity index is 0.00000608. The van der Waals surface area contributed by atoms with Crippen LogP contribution in [0.15, 0.2) is 206 Å². The van der Waals surface area contributed by atoms with E-state index in [1.54, 1.807) is 0 Å². The molecule has 0 spiro atoms. The third-order valence-electron chi connectivity index (χ3n) is 14.1. The molecule has 1 N–H and O–H groups in total. The molecule has 0 aliphatic heterocycles. The van der Waals surface area contributed by atoms with Gasteiger partial charge in [0.15, 0.2) is 6.71 Å². The first kappa shape index (κ1) is 48.1. The van der Waals surface area contributed by atoms with E-state index in [1.165, 1.54) is 33.2 Å². The Labute approximate surface area is 429 Å². The van der Waals surface area contributed by atoms with E-state index in [4.69, 9.17) is 12.0 Å². The molecule has 0 aliphatic carbocycles. The normalized spacial score (nSPS) is 11.9. The fourth-order valence-electron chi connectivity index (χ4n) is 9.86. The maximum atomic E-state index is 4.95. The molecule has 0 unspecified atom stereocenters. The zero-order valence-electron chi connectivity index (χ0n) is 41.1. The van der Waals surface area contributed by atoms with E-state index in [0.29, 0.717) is 0 Å². The smallest absolute Gasteiger partial charge is 0.191 e. The van der Waals surface area contributed by atoms with E-state index in [-0.39, 0.29) is 44.0 Å². The number of rotatable bonds is 12. The van der Waals surface area contributed by atoms with Gasteiger partial charge in [0.1, 0.15) is 5.82 Å². The second kappa shape index (κ2) is 19.5. The van der Waals surface area contributed by atoms with Crippen LogP contribution in [0, 0.1) is 19.2 Å². The van der Waals surface area contributed by atoms with Crippen molar-refractivity contribution in [3.63, 3.8) is 0 Å². The van der Waals surface area contributed by atoms with E-state index in [1.807, 2.05) is 11.1 Å². The minimum Gasteiger partial charge on any atom is -0.516 e. The third kappa shape index (κ3) is 9.28. The Morgan fingerprint density at radius 2 is 1.11 bits per heavy atom. The van der Waals surface area contributed by atoms with Crippen LogP contribution in [0.5, 0.6) is 0 Å². The molecule has 0 saturated carbocycles. The molecule has 10 aromatic rings. The number of hydrogen-bond donors (Lipinski definition) is 1. The first-order valence-electron chi connectivity index (χ1n) is 24.0. The molecule has 350 valence electrons. The van der Waals surface area contributed by atoms with Crippen LogP contribution in [-0.4, -0.2) is 16.3 Å². The summed E-state index contributed by atoms with van der Waals surface area (Å²) >= 11 is 0. The Morgan fingerprint density at radius 3 is 1.77 bits per heavy atom. The molecule has 8 aromatic carbocycles. The molecule has 2 aromatic heterocycles. The molecule has 0 radical (unpaired) electrons. The van der Waals surface area contributed by atoms with Gasteiger partial charge in [-0.3, -0.25) is 7.05 Å². The Morgan fingerprint density at radius 1 is 0.529 bits per heavy atom. The minimum absolute atomic E-state index is 0. The van der Waals surface area contributed by atoms with Gasteiger partial charge in [-0.15, -0.1) is 11.1 Å². The summed E-state index contributed by atoms with van der Waals surface area (Å²) in [5, 5.41) is 6.20. The van der Waals surface area contributed by atoms with Gasteiger partial charge in [-0.25, -0.2) is 4.98 Å². The van der Waals surface area contributed by atoms with Gasteiger partial charge in [0.2, 0.25) is 0 Å². The summed E-state index contributed by atoms with van der Waals surface area (Å²) in [7, 11) is 4.70.